The molecule has 0 fully saturated rings. The lowest BCUT2D eigenvalue weighted by atomic mass is 10.1. The number of benzene rings is 2. The fourth-order valence-corrected chi connectivity index (χ4v) is 4.81. The van der Waals surface area contributed by atoms with Gasteiger partial charge in [0, 0.05) is 28.5 Å². The first-order valence-corrected chi connectivity index (χ1v) is 10.6. The molecule has 144 valence electrons. The van der Waals surface area contributed by atoms with E-state index < -0.39 is 0 Å². The first-order valence-electron chi connectivity index (χ1n) is 9.81. The molecule has 2 aromatic carbocycles. The third-order valence-corrected chi connectivity index (χ3v) is 6.25. The summed E-state index contributed by atoms with van der Waals surface area (Å²) in [5.74, 6) is 1.71. The monoisotopic (exact) mass is 398 g/mol. The molecule has 0 aliphatic heterocycles. The summed E-state index contributed by atoms with van der Waals surface area (Å²) in [5, 5.41) is 5.94. The van der Waals surface area contributed by atoms with Crippen molar-refractivity contribution in [3.05, 3.63) is 77.7 Å². The van der Waals surface area contributed by atoms with Gasteiger partial charge in [0.2, 0.25) is 0 Å². The predicted octanol–water partition coefficient (Wildman–Crippen LogP) is 6.11. The van der Waals surface area contributed by atoms with Crippen LogP contribution in [0, 0.1) is 13.8 Å². The average Bonchev–Trinajstić information content (AvgIpc) is 3.32. The van der Waals surface area contributed by atoms with Crippen molar-refractivity contribution in [1.82, 2.24) is 15.0 Å². The Balaban J connectivity index is 1.40. The van der Waals surface area contributed by atoms with Crippen LogP contribution >= 0.6 is 11.3 Å². The standard InChI is InChI=1S/C24H22N4S/c1-15-8-9-19-18(14-26-21(19)12-15)10-11-25-23-20-13-22(17-6-4-3-5-7-17)29-24(20)28-16(2)27-23/h3-9,12-14,26H,10-11H2,1-2H3,(H,25,27,28). The van der Waals surface area contributed by atoms with E-state index >= 15 is 0 Å². The smallest absolute Gasteiger partial charge is 0.138 e. The Bertz CT molecular complexity index is 1300. The van der Waals surface area contributed by atoms with Gasteiger partial charge in [-0.25, -0.2) is 9.97 Å². The molecule has 3 aromatic heterocycles. The second-order valence-electron chi connectivity index (χ2n) is 7.35. The normalized spacial score (nSPS) is 11.4. The lowest BCUT2D eigenvalue weighted by Crippen LogP contribution is -2.07. The summed E-state index contributed by atoms with van der Waals surface area (Å²) in [7, 11) is 0. The number of nitrogens with zero attached hydrogens (tertiary/aromatic N) is 2. The first-order chi connectivity index (χ1) is 14.2. The molecule has 0 saturated carbocycles. The maximum Gasteiger partial charge on any atom is 0.138 e. The van der Waals surface area contributed by atoms with Crippen LogP contribution in [0.5, 0.6) is 0 Å². The molecule has 29 heavy (non-hydrogen) atoms. The molecular formula is C24H22N4S. The van der Waals surface area contributed by atoms with Crippen LogP contribution in [0.1, 0.15) is 17.0 Å². The third kappa shape index (κ3) is 3.49. The lowest BCUT2D eigenvalue weighted by Gasteiger charge is -2.07. The number of H-pyrrole nitrogens is 1. The van der Waals surface area contributed by atoms with E-state index in [-0.39, 0.29) is 0 Å². The molecule has 0 saturated heterocycles. The van der Waals surface area contributed by atoms with Crippen molar-refractivity contribution in [1.29, 1.82) is 0 Å². The van der Waals surface area contributed by atoms with Gasteiger partial charge in [0.05, 0.1) is 5.39 Å². The van der Waals surface area contributed by atoms with Crippen molar-refractivity contribution >= 4 is 38.3 Å². The maximum atomic E-state index is 4.68. The van der Waals surface area contributed by atoms with E-state index in [1.807, 2.05) is 13.0 Å². The van der Waals surface area contributed by atoms with Gasteiger partial charge in [-0.1, -0.05) is 42.5 Å². The Morgan fingerprint density at radius 1 is 0.966 bits per heavy atom. The topological polar surface area (TPSA) is 53.6 Å². The van der Waals surface area contributed by atoms with E-state index in [4.69, 9.17) is 0 Å². The zero-order valence-corrected chi connectivity index (χ0v) is 17.3. The van der Waals surface area contributed by atoms with Gasteiger partial charge in [-0.05, 0) is 49.1 Å². The summed E-state index contributed by atoms with van der Waals surface area (Å²) in [6.45, 7) is 4.90. The van der Waals surface area contributed by atoms with Crippen molar-refractivity contribution in [2.24, 2.45) is 0 Å². The van der Waals surface area contributed by atoms with Gasteiger partial charge in [0.25, 0.3) is 0 Å². The summed E-state index contributed by atoms with van der Waals surface area (Å²) in [6.07, 6.45) is 3.05. The maximum absolute atomic E-state index is 4.68. The lowest BCUT2D eigenvalue weighted by molar-refractivity contribution is 1.00. The van der Waals surface area contributed by atoms with Crippen LogP contribution in [-0.2, 0) is 6.42 Å². The third-order valence-electron chi connectivity index (χ3n) is 5.17. The zero-order valence-electron chi connectivity index (χ0n) is 16.5. The molecule has 5 rings (SSSR count). The van der Waals surface area contributed by atoms with Gasteiger partial charge in [-0.2, -0.15) is 0 Å². The fraction of sp³-hybridized carbons (Fsp3) is 0.167. The SMILES string of the molecule is Cc1ccc2c(CCNc3nc(C)nc4sc(-c5ccccc5)cc34)c[nH]c2c1. The second kappa shape index (κ2) is 7.33. The molecule has 4 nitrogen and oxygen atoms in total. The molecule has 0 radical (unpaired) electrons. The van der Waals surface area contributed by atoms with E-state index in [1.165, 1.54) is 32.5 Å². The van der Waals surface area contributed by atoms with E-state index in [1.54, 1.807) is 11.3 Å². The number of aromatic nitrogens is 3. The van der Waals surface area contributed by atoms with E-state index in [9.17, 15) is 0 Å². The van der Waals surface area contributed by atoms with Crippen LogP contribution in [0.3, 0.4) is 0 Å². The van der Waals surface area contributed by atoms with Crippen molar-refractivity contribution in [2.45, 2.75) is 20.3 Å². The molecule has 0 amide bonds. The number of thiophene rings is 1. The summed E-state index contributed by atoms with van der Waals surface area (Å²) < 4.78 is 0. The molecule has 2 N–H and O–H groups in total. The van der Waals surface area contributed by atoms with Crippen molar-refractivity contribution < 1.29 is 0 Å². The molecule has 0 aliphatic carbocycles. The van der Waals surface area contributed by atoms with Crippen molar-refractivity contribution in [3.63, 3.8) is 0 Å². The Kier molecular flexibility index (Phi) is 4.52. The molecule has 0 aliphatic rings. The van der Waals surface area contributed by atoms with E-state index in [2.05, 4.69) is 81.9 Å². The van der Waals surface area contributed by atoms with Gasteiger partial charge >= 0.3 is 0 Å². The minimum Gasteiger partial charge on any atom is -0.369 e. The average molecular weight is 399 g/mol. The quantitative estimate of drug-likeness (QED) is 0.375. The summed E-state index contributed by atoms with van der Waals surface area (Å²) >= 11 is 1.72. The Hall–Kier alpha value is -3.18. The Labute approximate surface area is 173 Å². The van der Waals surface area contributed by atoms with Gasteiger partial charge < -0.3 is 10.3 Å². The van der Waals surface area contributed by atoms with Crippen LogP contribution in [0.15, 0.2) is 60.8 Å². The summed E-state index contributed by atoms with van der Waals surface area (Å²) in [6, 6.07) is 19.2. The van der Waals surface area contributed by atoms with Gasteiger partial charge in [-0.3, -0.25) is 0 Å². The van der Waals surface area contributed by atoms with Gasteiger partial charge in [-0.15, -0.1) is 11.3 Å². The largest absolute Gasteiger partial charge is 0.369 e. The molecule has 0 bridgehead atoms. The van der Waals surface area contributed by atoms with Gasteiger partial charge in [0.1, 0.15) is 16.5 Å². The first kappa shape index (κ1) is 17.9. The van der Waals surface area contributed by atoms with Crippen LogP contribution in [0.2, 0.25) is 0 Å². The number of aromatic amines is 1. The fourth-order valence-electron chi connectivity index (χ4n) is 3.73. The number of rotatable bonds is 5. The highest BCUT2D eigenvalue weighted by atomic mass is 32.1. The number of hydrogen-bond donors (Lipinski definition) is 2. The predicted molar refractivity (Wildman–Crippen MR) is 123 cm³/mol. The molecule has 0 spiro atoms. The highest BCUT2D eigenvalue weighted by molar-refractivity contribution is 7.21. The van der Waals surface area contributed by atoms with Crippen LogP contribution in [0.25, 0.3) is 31.6 Å². The van der Waals surface area contributed by atoms with Crippen LogP contribution in [0.4, 0.5) is 5.82 Å². The molecule has 0 atom stereocenters. The number of hydrogen-bond acceptors (Lipinski definition) is 4. The molecule has 0 unspecified atom stereocenters. The second-order valence-corrected chi connectivity index (χ2v) is 8.39. The molecule has 5 heteroatoms. The number of aryl methyl sites for hydroxylation is 2. The highest BCUT2D eigenvalue weighted by Gasteiger charge is 2.12. The molecule has 5 aromatic rings. The van der Waals surface area contributed by atoms with E-state index in [0.717, 1.165) is 34.8 Å². The summed E-state index contributed by atoms with van der Waals surface area (Å²) in [5.41, 5.74) is 5.01. The van der Waals surface area contributed by atoms with E-state index in [0.29, 0.717) is 0 Å². The molecule has 3 heterocycles. The Morgan fingerprint density at radius 3 is 2.69 bits per heavy atom. The van der Waals surface area contributed by atoms with Crippen LogP contribution in [-0.4, -0.2) is 21.5 Å². The zero-order chi connectivity index (χ0) is 19.8. The van der Waals surface area contributed by atoms with Crippen molar-refractivity contribution in [2.75, 3.05) is 11.9 Å². The summed E-state index contributed by atoms with van der Waals surface area (Å²) in [4.78, 5) is 15.0. The van der Waals surface area contributed by atoms with Crippen LogP contribution < -0.4 is 5.32 Å². The van der Waals surface area contributed by atoms with Gasteiger partial charge in [0.15, 0.2) is 0 Å². The minimum absolute atomic E-state index is 0.795. The number of nitrogens with one attached hydrogen (secondary N) is 2. The number of anilines is 1. The Morgan fingerprint density at radius 2 is 1.83 bits per heavy atom. The highest BCUT2D eigenvalue weighted by Crippen LogP contribution is 2.35. The molecular weight excluding hydrogens is 376 g/mol. The van der Waals surface area contributed by atoms with Crippen molar-refractivity contribution in [3.8, 4) is 10.4 Å². The number of fused-ring (bicyclic) bond motifs is 2. The minimum atomic E-state index is 0.795.